The van der Waals surface area contributed by atoms with Gasteiger partial charge in [0.15, 0.2) is 6.29 Å². The molecule has 2 aliphatic rings. The molecule has 4 atom stereocenters. The van der Waals surface area contributed by atoms with Crippen LogP contribution in [0.15, 0.2) is 12.2 Å². The highest BCUT2D eigenvalue weighted by atomic mass is 16.7. The number of amides is 1. The van der Waals surface area contributed by atoms with Crippen LogP contribution in [0.5, 0.6) is 0 Å². The van der Waals surface area contributed by atoms with Gasteiger partial charge < -0.3 is 19.9 Å². The first-order valence-electron chi connectivity index (χ1n) is 6.33. The summed E-state index contributed by atoms with van der Waals surface area (Å²) in [6, 6.07) is 0. The van der Waals surface area contributed by atoms with Crippen molar-refractivity contribution in [3.8, 4) is 0 Å². The van der Waals surface area contributed by atoms with Gasteiger partial charge in [0.1, 0.15) is 0 Å². The predicted molar refractivity (Wildman–Crippen MR) is 66.2 cm³/mol. The first kappa shape index (κ1) is 14.0. The van der Waals surface area contributed by atoms with Crippen molar-refractivity contribution >= 4 is 11.9 Å². The predicted octanol–water partition coefficient (Wildman–Crippen LogP) is 0.244. The Morgan fingerprint density at radius 1 is 1.26 bits per heavy atom. The van der Waals surface area contributed by atoms with Crippen LogP contribution in [-0.4, -0.2) is 44.0 Å². The van der Waals surface area contributed by atoms with Gasteiger partial charge in [-0.05, 0) is 18.3 Å². The van der Waals surface area contributed by atoms with Crippen molar-refractivity contribution in [2.75, 3.05) is 20.8 Å². The van der Waals surface area contributed by atoms with Gasteiger partial charge in [0.05, 0.1) is 18.4 Å². The number of methoxy groups -OCH3 is 2. The average molecular weight is 269 g/mol. The van der Waals surface area contributed by atoms with Crippen molar-refractivity contribution in [3.05, 3.63) is 12.2 Å². The number of allylic oxidation sites excluding steroid dienone is 2. The fourth-order valence-electron chi connectivity index (χ4n) is 3.08. The number of carboxylic acid groups (broad SMARTS) is 1. The number of fused-ring (bicyclic) bond motifs is 2. The summed E-state index contributed by atoms with van der Waals surface area (Å²) >= 11 is 0. The van der Waals surface area contributed by atoms with Gasteiger partial charge in [-0.3, -0.25) is 9.59 Å². The van der Waals surface area contributed by atoms with E-state index in [1.807, 2.05) is 12.2 Å². The average Bonchev–Trinajstić information content (AvgIpc) is 2.99. The van der Waals surface area contributed by atoms with Gasteiger partial charge in [0.25, 0.3) is 0 Å². The minimum atomic E-state index is -0.896. The molecule has 19 heavy (non-hydrogen) atoms. The van der Waals surface area contributed by atoms with Crippen LogP contribution in [0.25, 0.3) is 0 Å². The van der Waals surface area contributed by atoms with Gasteiger partial charge in [-0.1, -0.05) is 12.2 Å². The third kappa shape index (κ3) is 2.64. The third-order valence-corrected chi connectivity index (χ3v) is 4.02. The van der Waals surface area contributed by atoms with Crippen LogP contribution in [0.2, 0.25) is 0 Å². The van der Waals surface area contributed by atoms with Gasteiger partial charge >= 0.3 is 5.97 Å². The molecule has 0 aromatic heterocycles. The van der Waals surface area contributed by atoms with Crippen molar-refractivity contribution in [2.24, 2.45) is 23.7 Å². The SMILES string of the molecule is COC(CNC(=O)[C@H]1C2C=CC(C2)[C@H]1C(=O)O)OC. The van der Waals surface area contributed by atoms with Crippen LogP contribution in [-0.2, 0) is 19.1 Å². The monoisotopic (exact) mass is 269 g/mol. The summed E-state index contributed by atoms with van der Waals surface area (Å²) in [6.07, 6.45) is 4.12. The van der Waals surface area contributed by atoms with E-state index in [9.17, 15) is 14.7 Å². The Balaban J connectivity index is 1.98. The highest BCUT2D eigenvalue weighted by molar-refractivity contribution is 5.86. The summed E-state index contributed by atoms with van der Waals surface area (Å²) in [5.41, 5.74) is 0. The Hall–Kier alpha value is -1.40. The highest BCUT2D eigenvalue weighted by Gasteiger charge is 2.51. The maximum absolute atomic E-state index is 12.2. The molecule has 106 valence electrons. The highest BCUT2D eigenvalue weighted by Crippen LogP contribution is 2.48. The number of ether oxygens (including phenoxy) is 2. The number of hydrogen-bond acceptors (Lipinski definition) is 4. The molecule has 0 aromatic rings. The number of rotatable bonds is 6. The van der Waals surface area contributed by atoms with Crippen molar-refractivity contribution in [1.29, 1.82) is 0 Å². The van der Waals surface area contributed by atoms with E-state index in [2.05, 4.69) is 5.32 Å². The second-order valence-corrected chi connectivity index (χ2v) is 4.98. The number of carbonyl (C=O) groups excluding carboxylic acids is 1. The molecule has 0 spiro atoms. The van der Waals surface area contributed by atoms with Crippen molar-refractivity contribution in [3.63, 3.8) is 0 Å². The summed E-state index contributed by atoms with van der Waals surface area (Å²) in [5, 5.41) is 12.0. The molecule has 6 nitrogen and oxygen atoms in total. The number of carboxylic acids is 1. The summed E-state index contributed by atoms with van der Waals surface area (Å²) in [7, 11) is 2.97. The van der Waals surface area contributed by atoms with E-state index < -0.39 is 24.1 Å². The van der Waals surface area contributed by atoms with Crippen LogP contribution in [0.3, 0.4) is 0 Å². The lowest BCUT2D eigenvalue weighted by molar-refractivity contribution is -0.148. The lowest BCUT2D eigenvalue weighted by Gasteiger charge is -2.24. The molecule has 2 bridgehead atoms. The Labute approximate surface area is 111 Å². The lowest BCUT2D eigenvalue weighted by atomic mass is 9.82. The molecule has 2 unspecified atom stereocenters. The van der Waals surface area contributed by atoms with E-state index in [-0.39, 0.29) is 24.3 Å². The molecule has 0 aliphatic heterocycles. The van der Waals surface area contributed by atoms with Crippen LogP contribution in [0.1, 0.15) is 6.42 Å². The molecule has 6 heteroatoms. The van der Waals surface area contributed by atoms with Gasteiger partial charge in [-0.25, -0.2) is 0 Å². The fraction of sp³-hybridized carbons (Fsp3) is 0.692. The molecule has 0 saturated heterocycles. The van der Waals surface area contributed by atoms with Crippen LogP contribution >= 0.6 is 0 Å². The topological polar surface area (TPSA) is 84.9 Å². The Kier molecular flexibility index (Phi) is 4.21. The molecule has 2 N–H and O–H groups in total. The van der Waals surface area contributed by atoms with Gasteiger partial charge in [-0.15, -0.1) is 0 Å². The van der Waals surface area contributed by atoms with Gasteiger partial charge in [0, 0.05) is 14.2 Å². The molecule has 1 saturated carbocycles. The lowest BCUT2D eigenvalue weighted by Crippen LogP contribution is -2.43. The normalized spacial score (nSPS) is 31.9. The van der Waals surface area contributed by atoms with E-state index in [0.717, 1.165) is 6.42 Å². The molecule has 1 amide bonds. The largest absolute Gasteiger partial charge is 0.481 e. The zero-order valence-electron chi connectivity index (χ0n) is 11.0. The second kappa shape index (κ2) is 5.71. The minimum absolute atomic E-state index is 0.0149. The Morgan fingerprint density at radius 2 is 1.84 bits per heavy atom. The zero-order valence-corrected chi connectivity index (χ0v) is 11.0. The minimum Gasteiger partial charge on any atom is -0.481 e. The van der Waals surface area contributed by atoms with E-state index >= 15 is 0 Å². The van der Waals surface area contributed by atoms with E-state index in [0.29, 0.717) is 0 Å². The van der Waals surface area contributed by atoms with E-state index in [4.69, 9.17) is 9.47 Å². The molecule has 2 rings (SSSR count). The molecule has 0 aromatic carbocycles. The molecular formula is C13H19NO5. The summed E-state index contributed by atoms with van der Waals surface area (Å²) < 4.78 is 9.96. The summed E-state index contributed by atoms with van der Waals surface area (Å²) in [4.78, 5) is 23.5. The molecule has 0 radical (unpaired) electrons. The summed E-state index contributed by atoms with van der Waals surface area (Å²) in [5.74, 6) is -2.20. The number of aliphatic carboxylic acids is 1. The van der Waals surface area contributed by atoms with Crippen LogP contribution < -0.4 is 5.32 Å². The van der Waals surface area contributed by atoms with Gasteiger partial charge in [0.2, 0.25) is 5.91 Å². The third-order valence-electron chi connectivity index (χ3n) is 4.02. The molecular weight excluding hydrogens is 250 g/mol. The maximum atomic E-state index is 12.2. The molecule has 1 fully saturated rings. The first-order valence-corrected chi connectivity index (χ1v) is 6.33. The fourth-order valence-corrected chi connectivity index (χ4v) is 3.08. The van der Waals surface area contributed by atoms with E-state index in [1.165, 1.54) is 14.2 Å². The maximum Gasteiger partial charge on any atom is 0.307 e. The number of nitrogens with one attached hydrogen (secondary N) is 1. The standard InChI is InChI=1S/C13H19NO5/c1-18-9(19-2)6-14-12(15)10-7-3-4-8(5-7)11(10)13(16)17/h3-4,7-11H,5-6H2,1-2H3,(H,14,15)(H,16,17)/t7?,8?,10-,11+/m0/s1. The van der Waals surface area contributed by atoms with Crippen LogP contribution in [0, 0.1) is 23.7 Å². The molecule has 0 heterocycles. The molecule has 2 aliphatic carbocycles. The zero-order chi connectivity index (χ0) is 14.0. The first-order chi connectivity index (χ1) is 9.08. The quantitative estimate of drug-likeness (QED) is 0.533. The Bertz CT molecular complexity index is 390. The smallest absolute Gasteiger partial charge is 0.307 e. The van der Waals surface area contributed by atoms with E-state index in [1.54, 1.807) is 0 Å². The van der Waals surface area contributed by atoms with Gasteiger partial charge in [-0.2, -0.15) is 0 Å². The number of carbonyl (C=O) groups is 2. The van der Waals surface area contributed by atoms with Crippen molar-refractivity contribution in [1.82, 2.24) is 5.32 Å². The van der Waals surface area contributed by atoms with Crippen molar-refractivity contribution in [2.45, 2.75) is 12.7 Å². The van der Waals surface area contributed by atoms with Crippen LogP contribution in [0.4, 0.5) is 0 Å². The Morgan fingerprint density at radius 3 is 2.37 bits per heavy atom. The van der Waals surface area contributed by atoms with Crippen molar-refractivity contribution < 1.29 is 24.2 Å². The second-order valence-electron chi connectivity index (χ2n) is 4.98. The summed E-state index contributed by atoms with van der Waals surface area (Å²) in [6.45, 7) is 0.218. The number of hydrogen-bond donors (Lipinski definition) is 2.